The predicted molar refractivity (Wildman–Crippen MR) is 75.6 cm³/mol. The summed E-state index contributed by atoms with van der Waals surface area (Å²) in [6.07, 6.45) is 2.19. The van der Waals surface area contributed by atoms with Crippen LogP contribution in [0.15, 0.2) is 35.3 Å². The lowest BCUT2D eigenvalue weighted by molar-refractivity contribution is 0.618. The summed E-state index contributed by atoms with van der Waals surface area (Å²) >= 11 is 4.95. The summed E-state index contributed by atoms with van der Waals surface area (Å²) in [7, 11) is 0. The van der Waals surface area contributed by atoms with E-state index in [2.05, 4.69) is 15.1 Å². The molecule has 0 aliphatic heterocycles. The number of aryl methyl sites for hydroxylation is 2. The van der Waals surface area contributed by atoms with Crippen LogP contribution < -0.4 is 5.56 Å². The van der Waals surface area contributed by atoms with Crippen molar-refractivity contribution in [3.05, 3.63) is 57.0 Å². The van der Waals surface area contributed by atoms with Gasteiger partial charge >= 0.3 is 0 Å². The normalized spacial score (nSPS) is 11.1. The number of H-pyrrole nitrogens is 2. The first-order valence-electron chi connectivity index (χ1n) is 6.06. The van der Waals surface area contributed by atoms with Crippen molar-refractivity contribution in [1.29, 1.82) is 0 Å². The largest absolute Gasteiger partial charge is 0.317 e. The molecular weight excluding hydrogens is 279 g/mol. The number of hydrogen-bond donors (Lipinski definition) is 2. The lowest BCUT2D eigenvalue weighted by atomic mass is 10.1. The van der Waals surface area contributed by atoms with Crippen molar-refractivity contribution in [3.63, 3.8) is 0 Å². The second-order valence-electron chi connectivity index (χ2n) is 4.41. The molecule has 5 nitrogen and oxygen atoms in total. The number of rotatable bonds is 3. The van der Waals surface area contributed by atoms with E-state index >= 15 is 0 Å². The van der Waals surface area contributed by atoms with Crippen LogP contribution in [0.25, 0.3) is 11.0 Å². The minimum absolute atomic E-state index is 0.253. The summed E-state index contributed by atoms with van der Waals surface area (Å²) in [5, 5.41) is 4.65. The third-order valence-electron chi connectivity index (χ3n) is 3.07. The molecule has 2 heterocycles. The van der Waals surface area contributed by atoms with Gasteiger partial charge in [0.15, 0.2) is 4.77 Å². The van der Waals surface area contributed by atoms with Crippen LogP contribution in [0, 0.1) is 10.6 Å². The third kappa shape index (κ3) is 2.39. The number of nitrogens with zero attached hydrogens (tertiary/aromatic N) is 2. The highest BCUT2D eigenvalue weighted by molar-refractivity contribution is 7.71. The zero-order valence-electron chi connectivity index (χ0n) is 10.4. The molecule has 102 valence electrons. The molecule has 2 N–H and O–H groups in total. The monoisotopic (exact) mass is 290 g/mol. The molecule has 0 saturated carbocycles. The Balaban J connectivity index is 1.90. The summed E-state index contributed by atoms with van der Waals surface area (Å²) in [6, 6.07) is 6.32. The Bertz CT molecular complexity index is 862. The van der Waals surface area contributed by atoms with Crippen molar-refractivity contribution in [2.24, 2.45) is 0 Å². The minimum atomic E-state index is -0.256. The van der Waals surface area contributed by atoms with Crippen molar-refractivity contribution in [2.45, 2.75) is 13.0 Å². The second-order valence-corrected chi connectivity index (χ2v) is 4.82. The molecule has 1 aromatic carbocycles. The van der Waals surface area contributed by atoms with E-state index in [1.54, 1.807) is 16.8 Å². The summed E-state index contributed by atoms with van der Waals surface area (Å²) in [4.78, 5) is 17.1. The van der Waals surface area contributed by atoms with E-state index in [4.69, 9.17) is 12.2 Å². The number of nitrogens with one attached hydrogen (secondary N) is 2. The second kappa shape index (κ2) is 5.01. The zero-order valence-corrected chi connectivity index (χ0v) is 11.2. The maximum Gasteiger partial charge on any atom is 0.262 e. The van der Waals surface area contributed by atoms with Gasteiger partial charge in [-0.25, -0.2) is 9.07 Å². The lowest BCUT2D eigenvalue weighted by Gasteiger charge is -2.04. The van der Waals surface area contributed by atoms with E-state index in [1.165, 1.54) is 18.3 Å². The number of aromatic amines is 2. The molecule has 0 radical (unpaired) electrons. The van der Waals surface area contributed by atoms with Gasteiger partial charge in [-0.1, -0.05) is 12.1 Å². The number of fused-ring (bicyclic) bond motifs is 1. The molecule has 7 heteroatoms. The molecule has 0 saturated heterocycles. The van der Waals surface area contributed by atoms with Crippen LogP contribution in [0.2, 0.25) is 0 Å². The van der Waals surface area contributed by atoms with Crippen LogP contribution in [0.5, 0.6) is 0 Å². The fraction of sp³-hybridized carbons (Fsp3) is 0.154. The Hall–Kier alpha value is -2.28. The van der Waals surface area contributed by atoms with Crippen LogP contribution in [0.1, 0.15) is 5.56 Å². The summed E-state index contributed by atoms with van der Waals surface area (Å²) in [6.45, 7) is 0.573. The molecule has 2 aromatic heterocycles. The van der Waals surface area contributed by atoms with Gasteiger partial charge in [-0.15, -0.1) is 0 Å². The lowest BCUT2D eigenvalue weighted by Crippen LogP contribution is -2.09. The highest BCUT2D eigenvalue weighted by Gasteiger charge is 2.06. The highest BCUT2D eigenvalue weighted by atomic mass is 32.1. The number of benzene rings is 1. The van der Waals surface area contributed by atoms with Gasteiger partial charge in [0, 0.05) is 6.54 Å². The highest BCUT2D eigenvalue weighted by Crippen LogP contribution is 2.08. The van der Waals surface area contributed by atoms with Crippen molar-refractivity contribution >= 4 is 23.3 Å². The first kappa shape index (κ1) is 12.7. The first-order valence-corrected chi connectivity index (χ1v) is 6.47. The van der Waals surface area contributed by atoms with Gasteiger partial charge in [-0.3, -0.25) is 9.78 Å². The van der Waals surface area contributed by atoms with Gasteiger partial charge in [0.25, 0.3) is 5.56 Å². The van der Waals surface area contributed by atoms with E-state index in [9.17, 15) is 9.18 Å². The Labute approximate surface area is 118 Å². The SMILES string of the molecule is O=c1[nH]c(=S)[nH]c2c1cnn2CCc1ccc(F)cc1. The zero-order chi connectivity index (χ0) is 14.1. The fourth-order valence-electron chi connectivity index (χ4n) is 2.05. The Morgan fingerprint density at radius 1 is 1.25 bits per heavy atom. The fourth-order valence-corrected chi connectivity index (χ4v) is 2.24. The Morgan fingerprint density at radius 3 is 2.75 bits per heavy atom. The molecule has 0 unspecified atom stereocenters. The number of aromatic nitrogens is 4. The number of hydrogen-bond acceptors (Lipinski definition) is 3. The number of halogens is 1. The van der Waals surface area contributed by atoms with E-state index < -0.39 is 0 Å². The Kier molecular flexibility index (Phi) is 3.19. The van der Waals surface area contributed by atoms with Gasteiger partial charge in [-0.2, -0.15) is 5.10 Å². The first-order chi connectivity index (χ1) is 9.63. The molecule has 0 aliphatic carbocycles. The van der Waals surface area contributed by atoms with Crippen molar-refractivity contribution in [2.75, 3.05) is 0 Å². The van der Waals surface area contributed by atoms with Crippen molar-refractivity contribution < 1.29 is 4.39 Å². The minimum Gasteiger partial charge on any atom is -0.317 e. The van der Waals surface area contributed by atoms with Crippen LogP contribution in [0.3, 0.4) is 0 Å². The standard InChI is InChI=1S/C13H11FN4OS/c14-9-3-1-8(2-4-9)5-6-18-11-10(7-15-18)12(19)17-13(20)16-11/h1-4,7H,5-6H2,(H2,16,17,19,20). The summed E-state index contributed by atoms with van der Waals surface area (Å²) < 4.78 is 14.8. The molecule has 0 aliphatic rings. The molecule has 0 atom stereocenters. The van der Waals surface area contributed by atoms with Crippen molar-refractivity contribution in [1.82, 2.24) is 19.7 Å². The molecule has 3 aromatic rings. The van der Waals surface area contributed by atoms with Gasteiger partial charge in [-0.05, 0) is 36.3 Å². The van der Waals surface area contributed by atoms with E-state index in [0.717, 1.165) is 5.56 Å². The van der Waals surface area contributed by atoms with E-state index in [0.29, 0.717) is 24.0 Å². The van der Waals surface area contributed by atoms with Crippen LogP contribution in [-0.4, -0.2) is 19.7 Å². The van der Waals surface area contributed by atoms with Crippen LogP contribution in [0.4, 0.5) is 4.39 Å². The molecule has 0 spiro atoms. The van der Waals surface area contributed by atoms with Gasteiger partial charge in [0.2, 0.25) is 0 Å². The quantitative estimate of drug-likeness (QED) is 0.726. The summed E-state index contributed by atoms with van der Waals surface area (Å²) in [5.41, 5.74) is 1.34. The molecule has 0 bridgehead atoms. The van der Waals surface area contributed by atoms with Gasteiger partial charge < -0.3 is 4.98 Å². The maximum absolute atomic E-state index is 12.8. The average molecular weight is 290 g/mol. The summed E-state index contributed by atoms with van der Waals surface area (Å²) in [5.74, 6) is -0.256. The molecular formula is C13H11FN4OS. The topological polar surface area (TPSA) is 66.5 Å². The van der Waals surface area contributed by atoms with Crippen LogP contribution >= 0.6 is 12.2 Å². The third-order valence-corrected chi connectivity index (χ3v) is 3.27. The predicted octanol–water partition coefficient (Wildman–Crippen LogP) is 2.16. The molecule has 20 heavy (non-hydrogen) atoms. The van der Waals surface area contributed by atoms with E-state index in [-0.39, 0.29) is 16.1 Å². The smallest absolute Gasteiger partial charge is 0.262 e. The van der Waals surface area contributed by atoms with Gasteiger partial charge in [0.1, 0.15) is 16.9 Å². The molecule has 0 fully saturated rings. The molecule has 3 rings (SSSR count). The molecule has 0 amide bonds. The average Bonchev–Trinajstić information content (AvgIpc) is 2.81. The van der Waals surface area contributed by atoms with Crippen LogP contribution in [-0.2, 0) is 13.0 Å². The Morgan fingerprint density at radius 2 is 2.00 bits per heavy atom. The maximum atomic E-state index is 12.8. The van der Waals surface area contributed by atoms with Crippen molar-refractivity contribution in [3.8, 4) is 0 Å². The van der Waals surface area contributed by atoms with Gasteiger partial charge in [0.05, 0.1) is 6.20 Å². The van der Waals surface area contributed by atoms with E-state index in [1.807, 2.05) is 0 Å².